The van der Waals surface area contributed by atoms with Crippen LogP contribution in [0, 0.1) is 11.3 Å². The van der Waals surface area contributed by atoms with Crippen molar-refractivity contribution in [3.8, 4) is 27.9 Å². The lowest BCUT2D eigenvalue weighted by atomic mass is 10.1. The van der Waals surface area contributed by atoms with Crippen LogP contribution in [0.1, 0.15) is 33.8 Å². The lowest BCUT2D eigenvalue weighted by Gasteiger charge is -2.10. The maximum absolute atomic E-state index is 12.0. The zero-order chi connectivity index (χ0) is 22.0. The van der Waals surface area contributed by atoms with E-state index >= 15 is 0 Å². The highest BCUT2D eigenvalue weighted by Gasteiger charge is 2.22. The Bertz CT molecular complexity index is 1290. The Balaban J connectivity index is 1.58. The van der Waals surface area contributed by atoms with E-state index in [9.17, 15) is 4.79 Å². The van der Waals surface area contributed by atoms with Crippen molar-refractivity contribution in [1.82, 2.24) is 19.7 Å². The maximum atomic E-state index is 12.0. The molecule has 0 aliphatic rings. The van der Waals surface area contributed by atoms with Gasteiger partial charge in [0, 0.05) is 47.1 Å². The normalized spacial score (nSPS) is 11.8. The number of nitrogens with zero attached hydrogens (tertiary/aromatic N) is 5. The summed E-state index contributed by atoms with van der Waals surface area (Å²) < 4.78 is 1.81. The molecule has 9 heteroatoms. The minimum atomic E-state index is -0.549. The number of nitrogens with two attached hydrogens (primary N) is 1. The molecular formula is C22H17ClN6OS. The molecule has 4 rings (SSSR count). The van der Waals surface area contributed by atoms with Gasteiger partial charge in [0.25, 0.3) is 5.91 Å². The minimum Gasteiger partial charge on any atom is -0.364 e. The zero-order valence-corrected chi connectivity index (χ0v) is 18.1. The summed E-state index contributed by atoms with van der Waals surface area (Å²) in [6, 6.07) is 12.8. The van der Waals surface area contributed by atoms with Crippen molar-refractivity contribution in [3.05, 3.63) is 76.1 Å². The number of aromatic nitrogens is 4. The SMILES string of the molecule is CC(Cn1ccc(-c2ccc(C#N)c(Cl)c2)n1)c1sc(-c2ccncc2)nc1C(N)=O. The molecular weight excluding hydrogens is 432 g/mol. The van der Waals surface area contributed by atoms with Crippen LogP contribution in [0.25, 0.3) is 21.8 Å². The molecule has 0 saturated heterocycles. The predicted molar refractivity (Wildman–Crippen MR) is 120 cm³/mol. The Kier molecular flexibility index (Phi) is 5.80. The molecule has 3 aromatic heterocycles. The molecule has 7 nitrogen and oxygen atoms in total. The number of benzene rings is 1. The average Bonchev–Trinajstić information content (AvgIpc) is 3.42. The number of nitriles is 1. The third kappa shape index (κ3) is 4.33. The van der Waals surface area contributed by atoms with E-state index in [0.717, 1.165) is 26.7 Å². The van der Waals surface area contributed by atoms with Gasteiger partial charge < -0.3 is 5.73 Å². The van der Waals surface area contributed by atoms with Crippen molar-refractivity contribution in [2.24, 2.45) is 5.73 Å². The third-order valence-electron chi connectivity index (χ3n) is 4.75. The van der Waals surface area contributed by atoms with Crippen LogP contribution in [0.3, 0.4) is 0 Å². The standard InChI is InChI=1S/C22H17ClN6OS/c1-13(20-19(21(25)30)27-22(31-20)14-4-7-26-8-5-14)12-29-9-6-18(28-29)15-2-3-16(11-24)17(23)10-15/h2-10,13H,12H2,1H3,(H2,25,30). The summed E-state index contributed by atoms with van der Waals surface area (Å²) in [5.74, 6) is -0.584. The number of hydrogen-bond donors (Lipinski definition) is 1. The molecule has 0 saturated carbocycles. The number of hydrogen-bond acceptors (Lipinski definition) is 6. The summed E-state index contributed by atoms with van der Waals surface area (Å²) in [6.45, 7) is 2.55. The van der Waals surface area contributed by atoms with Gasteiger partial charge in [-0.2, -0.15) is 10.4 Å². The van der Waals surface area contributed by atoms with Gasteiger partial charge in [-0.3, -0.25) is 14.5 Å². The number of halogens is 1. The molecule has 0 bridgehead atoms. The summed E-state index contributed by atoms with van der Waals surface area (Å²) in [5.41, 5.74) is 8.76. The fourth-order valence-electron chi connectivity index (χ4n) is 3.21. The van der Waals surface area contributed by atoms with Crippen molar-refractivity contribution in [2.75, 3.05) is 0 Å². The van der Waals surface area contributed by atoms with Gasteiger partial charge in [-0.05, 0) is 30.3 Å². The van der Waals surface area contributed by atoms with E-state index in [4.69, 9.17) is 22.6 Å². The van der Waals surface area contributed by atoms with Gasteiger partial charge in [0.05, 0.1) is 16.3 Å². The second-order valence-corrected chi connectivity index (χ2v) is 8.40. The minimum absolute atomic E-state index is 0.0344. The van der Waals surface area contributed by atoms with E-state index in [-0.39, 0.29) is 11.6 Å². The van der Waals surface area contributed by atoms with Crippen LogP contribution in [0.5, 0.6) is 0 Å². The molecule has 31 heavy (non-hydrogen) atoms. The molecule has 3 heterocycles. The summed E-state index contributed by atoms with van der Waals surface area (Å²) in [6.07, 6.45) is 5.24. The summed E-state index contributed by atoms with van der Waals surface area (Å²) in [5, 5.41) is 14.8. The number of amides is 1. The fraction of sp³-hybridized carbons (Fsp3) is 0.136. The largest absolute Gasteiger partial charge is 0.364 e. The molecule has 0 aliphatic carbocycles. The quantitative estimate of drug-likeness (QED) is 0.467. The molecule has 154 valence electrons. The number of carbonyl (C=O) groups is 1. The van der Waals surface area contributed by atoms with Gasteiger partial charge in [0.15, 0.2) is 0 Å². The van der Waals surface area contributed by atoms with Crippen LogP contribution >= 0.6 is 22.9 Å². The van der Waals surface area contributed by atoms with Crippen molar-refractivity contribution in [2.45, 2.75) is 19.4 Å². The lowest BCUT2D eigenvalue weighted by molar-refractivity contribution is 0.0995. The summed E-state index contributed by atoms with van der Waals surface area (Å²) in [7, 11) is 0. The number of rotatable bonds is 6. The highest BCUT2D eigenvalue weighted by Crippen LogP contribution is 2.33. The van der Waals surface area contributed by atoms with E-state index in [1.54, 1.807) is 24.5 Å². The first-order valence-electron chi connectivity index (χ1n) is 9.40. The summed E-state index contributed by atoms with van der Waals surface area (Å²) in [4.78, 5) is 21.3. The first kappa shape index (κ1) is 20.7. The van der Waals surface area contributed by atoms with Crippen molar-refractivity contribution in [1.29, 1.82) is 5.26 Å². The molecule has 0 aliphatic heterocycles. The highest BCUT2D eigenvalue weighted by molar-refractivity contribution is 7.15. The fourth-order valence-corrected chi connectivity index (χ4v) is 4.55. The summed E-state index contributed by atoms with van der Waals surface area (Å²) >= 11 is 7.59. The number of pyridine rings is 1. The van der Waals surface area contributed by atoms with Gasteiger partial charge in [0.2, 0.25) is 0 Å². The molecule has 0 spiro atoms. The second-order valence-electron chi connectivity index (χ2n) is 6.96. The average molecular weight is 449 g/mol. The highest BCUT2D eigenvalue weighted by atomic mass is 35.5. The molecule has 2 N–H and O–H groups in total. The Labute approximate surface area is 187 Å². The van der Waals surface area contributed by atoms with Crippen LogP contribution in [-0.2, 0) is 6.54 Å². The zero-order valence-electron chi connectivity index (χ0n) is 16.5. The monoisotopic (exact) mass is 448 g/mol. The van der Waals surface area contributed by atoms with E-state index in [1.807, 2.05) is 48.1 Å². The molecule has 1 atom stereocenters. The van der Waals surface area contributed by atoms with Gasteiger partial charge in [-0.15, -0.1) is 11.3 Å². The van der Waals surface area contributed by atoms with E-state index in [0.29, 0.717) is 17.1 Å². The van der Waals surface area contributed by atoms with Gasteiger partial charge in [-0.1, -0.05) is 24.6 Å². The lowest BCUT2D eigenvalue weighted by Crippen LogP contribution is -2.16. The maximum Gasteiger partial charge on any atom is 0.268 e. The molecule has 1 amide bonds. The predicted octanol–water partition coefficient (Wildman–Crippen LogP) is 4.50. The van der Waals surface area contributed by atoms with Gasteiger partial charge in [0.1, 0.15) is 16.8 Å². The molecule has 1 aromatic carbocycles. The Morgan fingerprint density at radius 1 is 1.26 bits per heavy atom. The van der Waals surface area contributed by atoms with Crippen LogP contribution in [0.4, 0.5) is 0 Å². The first-order valence-corrected chi connectivity index (χ1v) is 10.6. The van der Waals surface area contributed by atoms with E-state index in [1.165, 1.54) is 11.3 Å². The molecule has 1 unspecified atom stereocenters. The Morgan fingerprint density at radius 3 is 2.71 bits per heavy atom. The Hall–Kier alpha value is -3.54. The molecule has 0 fully saturated rings. The van der Waals surface area contributed by atoms with Crippen LogP contribution in [0.2, 0.25) is 5.02 Å². The molecule has 4 aromatic rings. The number of thiazole rings is 1. The van der Waals surface area contributed by atoms with Crippen LogP contribution < -0.4 is 5.73 Å². The van der Waals surface area contributed by atoms with Gasteiger partial charge in [-0.25, -0.2) is 4.98 Å². The Morgan fingerprint density at radius 2 is 2.03 bits per heavy atom. The molecule has 0 radical (unpaired) electrons. The van der Waals surface area contributed by atoms with Gasteiger partial charge >= 0.3 is 0 Å². The van der Waals surface area contributed by atoms with E-state index in [2.05, 4.69) is 15.1 Å². The second kappa shape index (κ2) is 8.68. The van der Waals surface area contributed by atoms with Crippen molar-refractivity contribution in [3.63, 3.8) is 0 Å². The third-order valence-corrected chi connectivity index (χ3v) is 6.40. The topological polar surface area (TPSA) is 110 Å². The van der Waals surface area contributed by atoms with E-state index < -0.39 is 5.91 Å². The number of primary amides is 1. The van der Waals surface area contributed by atoms with Crippen molar-refractivity contribution >= 4 is 28.8 Å². The van der Waals surface area contributed by atoms with Crippen LogP contribution in [0.15, 0.2) is 55.0 Å². The van der Waals surface area contributed by atoms with Crippen LogP contribution in [-0.4, -0.2) is 25.7 Å². The van der Waals surface area contributed by atoms with Crippen molar-refractivity contribution < 1.29 is 4.79 Å². The smallest absolute Gasteiger partial charge is 0.268 e. The number of carbonyl (C=O) groups excluding carboxylic acids is 1. The first-order chi connectivity index (χ1) is 15.0.